The summed E-state index contributed by atoms with van der Waals surface area (Å²) in [6.07, 6.45) is 3.22. The minimum atomic E-state index is -1.10. The van der Waals surface area contributed by atoms with Crippen molar-refractivity contribution in [3.8, 4) is 0 Å². The Morgan fingerprint density at radius 3 is 2.63 bits per heavy atom. The second kappa shape index (κ2) is 5.52. The van der Waals surface area contributed by atoms with Crippen LogP contribution < -0.4 is 10.6 Å². The average molecular weight is 270 g/mol. The van der Waals surface area contributed by atoms with Crippen LogP contribution in [0.1, 0.15) is 25.7 Å². The van der Waals surface area contributed by atoms with Gasteiger partial charge in [-0.1, -0.05) is 18.9 Å². The fourth-order valence-electron chi connectivity index (χ4n) is 2.37. The van der Waals surface area contributed by atoms with Crippen molar-refractivity contribution in [3.05, 3.63) is 29.8 Å². The van der Waals surface area contributed by atoms with Gasteiger partial charge in [-0.2, -0.15) is 0 Å². The van der Waals surface area contributed by atoms with Crippen LogP contribution in [0.3, 0.4) is 0 Å². The summed E-state index contributed by atoms with van der Waals surface area (Å²) in [7, 11) is 0. The van der Waals surface area contributed by atoms with Gasteiger partial charge in [0.05, 0.1) is 17.8 Å². The van der Waals surface area contributed by atoms with Gasteiger partial charge >= 0.3 is 6.03 Å². The minimum Gasteiger partial charge on any atom is -0.394 e. The van der Waals surface area contributed by atoms with Gasteiger partial charge in [0, 0.05) is 0 Å². The number of carbonyl (C=O) groups excluding carboxylic acids is 1. The van der Waals surface area contributed by atoms with E-state index in [1.165, 1.54) is 12.1 Å². The predicted molar refractivity (Wildman–Crippen MR) is 66.8 cm³/mol. The molecule has 2 amide bonds. The lowest BCUT2D eigenvalue weighted by molar-refractivity contribution is 0.167. The van der Waals surface area contributed by atoms with Crippen molar-refractivity contribution in [2.45, 2.75) is 31.2 Å². The molecule has 0 radical (unpaired) electrons. The Labute approximate surface area is 109 Å². The molecule has 0 aliphatic heterocycles. The Balaban J connectivity index is 2.03. The third kappa shape index (κ3) is 3.01. The molecule has 19 heavy (non-hydrogen) atoms. The Kier molecular flexibility index (Phi) is 3.99. The molecule has 4 nitrogen and oxygen atoms in total. The molecule has 0 bridgehead atoms. The zero-order chi connectivity index (χ0) is 13.9. The van der Waals surface area contributed by atoms with E-state index < -0.39 is 23.2 Å². The van der Waals surface area contributed by atoms with Crippen molar-refractivity contribution in [2.24, 2.45) is 0 Å². The fraction of sp³-hybridized carbons (Fsp3) is 0.462. The largest absolute Gasteiger partial charge is 0.394 e. The number of nitrogens with one attached hydrogen (secondary N) is 2. The molecular weight excluding hydrogens is 254 g/mol. The lowest BCUT2D eigenvalue weighted by Crippen LogP contribution is -2.50. The molecule has 1 saturated carbocycles. The normalized spacial score (nSPS) is 17.2. The van der Waals surface area contributed by atoms with E-state index in [1.807, 2.05) is 0 Å². The second-order valence-electron chi connectivity index (χ2n) is 4.83. The molecular formula is C13H16F2N2O2. The maximum Gasteiger partial charge on any atom is 0.319 e. The summed E-state index contributed by atoms with van der Waals surface area (Å²) >= 11 is 0. The van der Waals surface area contributed by atoms with Gasteiger partial charge in [0.15, 0.2) is 11.6 Å². The van der Waals surface area contributed by atoms with Gasteiger partial charge in [-0.3, -0.25) is 0 Å². The molecule has 0 atom stereocenters. The molecule has 1 aliphatic carbocycles. The summed E-state index contributed by atoms with van der Waals surface area (Å²) in [6, 6.07) is 2.93. The number of anilines is 1. The number of aliphatic hydroxyl groups excluding tert-OH is 1. The first-order valence-corrected chi connectivity index (χ1v) is 6.20. The Morgan fingerprint density at radius 2 is 2.00 bits per heavy atom. The van der Waals surface area contributed by atoms with Gasteiger partial charge in [0.1, 0.15) is 0 Å². The van der Waals surface area contributed by atoms with Crippen LogP contribution in [0.25, 0.3) is 0 Å². The first-order chi connectivity index (χ1) is 9.06. The van der Waals surface area contributed by atoms with Crippen LogP contribution in [0, 0.1) is 11.6 Å². The number of rotatable bonds is 3. The number of aliphatic hydroxyl groups is 1. The number of urea groups is 1. The predicted octanol–water partition coefficient (Wildman–Crippen LogP) is 2.39. The van der Waals surface area contributed by atoms with Gasteiger partial charge < -0.3 is 15.7 Å². The summed E-state index contributed by atoms with van der Waals surface area (Å²) < 4.78 is 26.4. The Morgan fingerprint density at radius 1 is 1.32 bits per heavy atom. The molecule has 1 aliphatic rings. The molecule has 2 rings (SSSR count). The molecule has 0 heterocycles. The zero-order valence-corrected chi connectivity index (χ0v) is 10.4. The van der Waals surface area contributed by atoms with Crippen molar-refractivity contribution < 1.29 is 18.7 Å². The van der Waals surface area contributed by atoms with E-state index in [0.717, 1.165) is 18.9 Å². The van der Waals surface area contributed by atoms with Crippen LogP contribution in [0.5, 0.6) is 0 Å². The van der Waals surface area contributed by atoms with E-state index in [9.17, 15) is 18.7 Å². The fourth-order valence-corrected chi connectivity index (χ4v) is 2.37. The van der Waals surface area contributed by atoms with Crippen LogP contribution in [-0.2, 0) is 0 Å². The van der Waals surface area contributed by atoms with E-state index in [2.05, 4.69) is 10.6 Å². The van der Waals surface area contributed by atoms with Crippen LogP contribution in [-0.4, -0.2) is 23.3 Å². The monoisotopic (exact) mass is 270 g/mol. The average Bonchev–Trinajstić information content (AvgIpc) is 2.84. The smallest absolute Gasteiger partial charge is 0.319 e. The Bertz CT molecular complexity index is 474. The number of benzene rings is 1. The maximum atomic E-state index is 13.4. The first kappa shape index (κ1) is 13.7. The van der Waals surface area contributed by atoms with E-state index in [1.54, 1.807) is 0 Å². The van der Waals surface area contributed by atoms with Crippen LogP contribution in [0.4, 0.5) is 19.3 Å². The second-order valence-corrected chi connectivity index (χ2v) is 4.83. The van der Waals surface area contributed by atoms with E-state index in [-0.39, 0.29) is 12.3 Å². The van der Waals surface area contributed by atoms with Crippen molar-refractivity contribution >= 4 is 11.7 Å². The highest BCUT2D eigenvalue weighted by molar-refractivity contribution is 5.89. The highest BCUT2D eigenvalue weighted by Crippen LogP contribution is 2.29. The zero-order valence-electron chi connectivity index (χ0n) is 10.4. The number of carbonyl (C=O) groups is 1. The standard InChI is InChI=1S/C13H16F2N2O2/c14-9-4-3-5-10(11(9)15)16-12(19)17-13(8-18)6-1-2-7-13/h3-5,18H,1-2,6-8H2,(H2,16,17,19). The summed E-state index contributed by atoms with van der Waals surface area (Å²) in [6.45, 7) is -0.161. The van der Waals surface area contributed by atoms with Gasteiger partial charge in [0.25, 0.3) is 0 Å². The van der Waals surface area contributed by atoms with Crippen molar-refractivity contribution in [3.63, 3.8) is 0 Å². The van der Waals surface area contributed by atoms with Crippen molar-refractivity contribution in [2.75, 3.05) is 11.9 Å². The maximum absolute atomic E-state index is 13.4. The SMILES string of the molecule is O=C(Nc1cccc(F)c1F)NC1(CO)CCCC1. The van der Waals surface area contributed by atoms with Gasteiger partial charge in [-0.25, -0.2) is 13.6 Å². The number of hydrogen-bond donors (Lipinski definition) is 3. The quantitative estimate of drug-likeness (QED) is 0.789. The van der Waals surface area contributed by atoms with Crippen molar-refractivity contribution in [1.29, 1.82) is 0 Å². The van der Waals surface area contributed by atoms with Gasteiger partial charge in [-0.05, 0) is 25.0 Å². The lowest BCUT2D eigenvalue weighted by atomic mass is 9.99. The molecule has 1 aromatic carbocycles. The Hall–Kier alpha value is -1.69. The molecule has 0 spiro atoms. The third-order valence-electron chi connectivity index (χ3n) is 3.44. The summed E-state index contributed by atoms with van der Waals surface area (Å²) in [5, 5.41) is 14.3. The minimum absolute atomic E-state index is 0.161. The van der Waals surface area contributed by atoms with E-state index >= 15 is 0 Å². The van der Waals surface area contributed by atoms with E-state index in [4.69, 9.17) is 0 Å². The third-order valence-corrected chi connectivity index (χ3v) is 3.44. The van der Waals surface area contributed by atoms with Crippen LogP contribution >= 0.6 is 0 Å². The number of amides is 2. The highest BCUT2D eigenvalue weighted by atomic mass is 19.2. The number of hydrogen-bond acceptors (Lipinski definition) is 2. The molecule has 0 aromatic heterocycles. The van der Waals surface area contributed by atoms with Gasteiger partial charge in [0.2, 0.25) is 0 Å². The highest BCUT2D eigenvalue weighted by Gasteiger charge is 2.34. The summed E-state index contributed by atoms with van der Waals surface area (Å²) in [4.78, 5) is 11.8. The van der Waals surface area contributed by atoms with E-state index in [0.29, 0.717) is 12.8 Å². The van der Waals surface area contributed by atoms with Crippen LogP contribution in [0.15, 0.2) is 18.2 Å². The molecule has 0 unspecified atom stereocenters. The molecule has 1 fully saturated rings. The summed E-state index contributed by atoms with van der Waals surface area (Å²) in [5.74, 6) is -2.11. The number of halogens is 2. The molecule has 1 aromatic rings. The van der Waals surface area contributed by atoms with Crippen LogP contribution in [0.2, 0.25) is 0 Å². The summed E-state index contributed by atoms with van der Waals surface area (Å²) in [5.41, 5.74) is -0.864. The topological polar surface area (TPSA) is 61.4 Å². The lowest BCUT2D eigenvalue weighted by Gasteiger charge is -2.28. The van der Waals surface area contributed by atoms with Crippen molar-refractivity contribution in [1.82, 2.24) is 5.32 Å². The first-order valence-electron chi connectivity index (χ1n) is 6.20. The van der Waals surface area contributed by atoms with Gasteiger partial charge in [-0.15, -0.1) is 0 Å². The molecule has 0 saturated heterocycles. The molecule has 104 valence electrons. The molecule has 3 N–H and O–H groups in total. The molecule has 6 heteroatoms.